The Morgan fingerprint density at radius 2 is 1.69 bits per heavy atom. The Hall–Kier alpha value is -2.83. The maximum Gasteiger partial charge on any atom is 0.239 e. The highest BCUT2D eigenvalue weighted by Gasteiger charge is 2.64. The van der Waals surface area contributed by atoms with Crippen LogP contribution >= 0.6 is 11.6 Å². The molecule has 29 heavy (non-hydrogen) atoms. The third-order valence-corrected chi connectivity index (χ3v) is 6.21. The van der Waals surface area contributed by atoms with E-state index in [1.54, 1.807) is 41.3 Å². The van der Waals surface area contributed by atoms with Gasteiger partial charge in [0.05, 0.1) is 23.6 Å². The van der Waals surface area contributed by atoms with Crippen molar-refractivity contribution in [3.05, 3.63) is 77.1 Å². The van der Waals surface area contributed by atoms with Crippen LogP contribution in [0.2, 0.25) is 5.02 Å². The van der Waals surface area contributed by atoms with E-state index in [4.69, 9.17) is 11.6 Å². The first-order chi connectivity index (χ1) is 14.0. The summed E-state index contributed by atoms with van der Waals surface area (Å²) in [5, 5.41) is 0.384. The molecule has 0 unspecified atom stereocenters. The summed E-state index contributed by atoms with van der Waals surface area (Å²) in [5.74, 6) is -2.84. The van der Waals surface area contributed by atoms with E-state index in [2.05, 4.69) is 0 Å². The number of imide groups is 1. The maximum atomic E-state index is 14.3. The van der Waals surface area contributed by atoms with Gasteiger partial charge in [-0.05, 0) is 36.4 Å². The molecule has 2 fully saturated rings. The molecule has 146 valence electrons. The van der Waals surface area contributed by atoms with Gasteiger partial charge in [0.1, 0.15) is 5.82 Å². The third-order valence-electron chi connectivity index (χ3n) is 5.97. The number of para-hydroxylation sites is 1. The Morgan fingerprint density at radius 3 is 2.45 bits per heavy atom. The minimum Gasteiger partial charge on any atom is -0.293 e. The molecule has 3 aliphatic rings. The number of rotatable bonds is 3. The van der Waals surface area contributed by atoms with Crippen LogP contribution in [-0.2, 0) is 20.9 Å². The minimum absolute atomic E-state index is 0.0940. The van der Waals surface area contributed by atoms with E-state index < -0.39 is 29.7 Å². The number of hydrogen-bond acceptors (Lipinski definition) is 4. The third kappa shape index (κ3) is 2.67. The Balaban J connectivity index is 1.53. The zero-order valence-corrected chi connectivity index (χ0v) is 15.9. The highest BCUT2D eigenvalue weighted by atomic mass is 35.5. The van der Waals surface area contributed by atoms with Gasteiger partial charge < -0.3 is 0 Å². The van der Waals surface area contributed by atoms with Gasteiger partial charge in [0.25, 0.3) is 0 Å². The molecule has 2 aromatic carbocycles. The Kier molecular flexibility index (Phi) is 4.15. The standard InChI is InChI=1S/C22H16ClFN2O3/c23-13-6-7-15(24)12(10-13)11-25-16-8-9-17(27)20(25)19-18(16)21(28)26(22(19)29)14-4-2-1-3-5-14/h1-10,16,18-20H,11H2/t16-,18-,19-,20+/m0/s1. The second-order valence-corrected chi connectivity index (χ2v) is 7.94. The molecule has 3 aliphatic heterocycles. The van der Waals surface area contributed by atoms with Gasteiger partial charge in [-0.15, -0.1) is 0 Å². The number of nitrogens with zero attached hydrogens (tertiary/aromatic N) is 2. The second kappa shape index (κ2) is 6.61. The molecule has 4 atom stereocenters. The monoisotopic (exact) mass is 410 g/mol. The van der Waals surface area contributed by atoms with E-state index in [1.807, 2.05) is 0 Å². The van der Waals surface area contributed by atoms with Crippen LogP contribution in [0.25, 0.3) is 0 Å². The van der Waals surface area contributed by atoms with E-state index in [0.717, 1.165) is 0 Å². The Labute approximate surface area is 171 Å². The van der Waals surface area contributed by atoms with E-state index in [9.17, 15) is 18.8 Å². The summed E-state index contributed by atoms with van der Waals surface area (Å²) >= 11 is 6.00. The van der Waals surface area contributed by atoms with Crippen LogP contribution in [0.3, 0.4) is 0 Å². The number of carbonyl (C=O) groups excluding carboxylic acids is 3. The van der Waals surface area contributed by atoms with E-state index >= 15 is 0 Å². The van der Waals surface area contributed by atoms with Crippen molar-refractivity contribution in [2.24, 2.45) is 11.8 Å². The summed E-state index contributed by atoms with van der Waals surface area (Å²) in [4.78, 5) is 42.1. The fraction of sp³-hybridized carbons (Fsp3) is 0.227. The number of benzene rings is 2. The number of carbonyl (C=O) groups is 3. The normalized spacial score (nSPS) is 28.3. The van der Waals surface area contributed by atoms with Crippen molar-refractivity contribution in [1.82, 2.24) is 4.90 Å². The molecule has 2 aromatic rings. The summed E-state index contributed by atoms with van der Waals surface area (Å²) in [7, 11) is 0. The van der Waals surface area contributed by atoms with Gasteiger partial charge in [0.2, 0.25) is 11.8 Å². The Morgan fingerprint density at radius 1 is 0.966 bits per heavy atom. The second-order valence-electron chi connectivity index (χ2n) is 7.50. The topological polar surface area (TPSA) is 57.7 Å². The predicted octanol–water partition coefficient (Wildman–Crippen LogP) is 2.98. The number of amides is 2. The average molecular weight is 411 g/mol. The van der Waals surface area contributed by atoms with Gasteiger partial charge >= 0.3 is 0 Å². The molecule has 0 N–H and O–H groups in total. The first-order valence-corrected chi connectivity index (χ1v) is 9.70. The molecule has 0 spiro atoms. The first kappa shape index (κ1) is 18.2. The molecule has 0 radical (unpaired) electrons. The van der Waals surface area contributed by atoms with Crippen LogP contribution in [0.5, 0.6) is 0 Å². The SMILES string of the molecule is O=C1C=C[C@H]2[C@@H]3C(=O)N(c4ccccc4)C(=O)[C@@H]3[C@@H]1N2Cc1cc(Cl)ccc1F. The van der Waals surface area contributed by atoms with Gasteiger partial charge in [-0.2, -0.15) is 0 Å². The van der Waals surface area contributed by atoms with Crippen LogP contribution in [0.4, 0.5) is 10.1 Å². The van der Waals surface area contributed by atoms with Crippen molar-refractivity contribution in [2.45, 2.75) is 18.6 Å². The van der Waals surface area contributed by atoms with Crippen molar-refractivity contribution in [1.29, 1.82) is 0 Å². The summed E-state index contributed by atoms with van der Waals surface area (Å²) in [6.07, 6.45) is 3.09. The van der Waals surface area contributed by atoms with E-state index in [-0.39, 0.29) is 24.1 Å². The highest BCUT2D eigenvalue weighted by Crippen LogP contribution is 2.47. The van der Waals surface area contributed by atoms with Crippen LogP contribution in [-0.4, -0.2) is 34.6 Å². The summed E-state index contributed by atoms with van der Waals surface area (Å²) < 4.78 is 14.3. The van der Waals surface area contributed by atoms with Crippen LogP contribution in [0, 0.1) is 17.7 Å². The van der Waals surface area contributed by atoms with E-state index in [0.29, 0.717) is 16.3 Å². The lowest BCUT2D eigenvalue weighted by atomic mass is 9.90. The van der Waals surface area contributed by atoms with Crippen molar-refractivity contribution in [2.75, 3.05) is 4.90 Å². The molecule has 2 bridgehead atoms. The van der Waals surface area contributed by atoms with Crippen LogP contribution < -0.4 is 4.90 Å². The lowest BCUT2D eigenvalue weighted by Crippen LogP contribution is -2.48. The lowest BCUT2D eigenvalue weighted by Gasteiger charge is -2.33. The number of fused-ring (bicyclic) bond motifs is 5. The Bertz CT molecular complexity index is 1070. The van der Waals surface area contributed by atoms with Crippen molar-refractivity contribution >= 4 is 34.9 Å². The zero-order chi connectivity index (χ0) is 20.3. The van der Waals surface area contributed by atoms with Crippen molar-refractivity contribution in [3.63, 3.8) is 0 Å². The van der Waals surface area contributed by atoms with Gasteiger partial charge in [0, 0.05) is 23.2 Å². The average Bonchev–Trinajstić information content (AvgIpc) is 3.09. The molecule has 3 heterocycles. The number of ketones is 1. The zero-order valence-electron chi connectivity index (χ0n) is 15.2. The van der Waals surface area contributed by atoms with Crippen molar-refractivity contribution < 1.29 is 18.8 Å². The lowest BCUT2D eigenvalue weighted by molar-refractivity contribution is -0.129. The molecule has 2 saturated heterocycles. The van der Waals surface area contributed by atoms with Crippen molar-refractivity contribution in [3.8, 4) is 0 Å². The van der Waals surface area contributed by atoms with Gasteiger partial charge in [-0.3, -0.25) is 19.3 Å². The van der Waals surface area contributed by atoms with Gasteiger partial charge in [-0.25, -0.2) is 9.29 Å². The molecule has 2 amide bonds. The molecular weight excluding hydrogens is 395 g/mol. The quantitative estimate of drug-likeness (QED) is 0.730. The molecule has 0 aliphatic carbocycles. The number of hydrogen-bond donors (Lipinski definition) is 0. The molecule has 0 saturated carbocycles. The highest BCUT2D eigenvalue weighted by molar-refractivity contribution is 6.30. The maximum absolute atomic E-state index is 14.3. The van der Waals surface area contributed by atoms with Gasteiger partial charge in [-0.1, -0.05) is 35.9 Å². The minimum atomic E-state index is -0.793. The summed E-state index contributed by atoms with van der Waals surface area (Å²) in [6.45, 7) is 0.0940. The summed E-state index contributed by atoms with van der Waals surface area (Å²) in [5.41, 5.74) is 0.828. The molecular formula is C22H16ClFN2O3. The fourth-order valence-electron chi connectivity index (χ4n) is 4.76. The fourth-order valence-corrected chi connectivity index (χ4v) is 4.96. The molecule has 5 rings (SSSR count). The smallest absolute Gasteiger partial charge is 0.239 e. The number of halogens is 2. The van der Waals surface area contributed by atoms with Crippen LogP contribution in [0.15, 0.2) is 60.7 Å². The largest absolute Gasteiger partial charge is 0.293 e. The molecule has 0 aromatic heterocycles. The summed E-state index contributed by atoms with van der Waals surface area (Å²) in [6, 6.07) is 11.7. The van der Waals surface area contributed by atoms with E-state index in [1.165, 1.54) is 29.2 Å². The number of anilines is 1. The van der Waals surface area contributed by atoms with Crippen LogP contribution in [0.1, 0.15) is 5.56 Å². The first-order valence-electron chi connectivity index (χ1n) is 9.32. The van der Waals surface area contributed by atoms with Gasteiger partial charge in [0.15, 0.2) is 5.78 Å². The molecule has 5 nitrogen and oxygen atoms in total. The predicted molar refractivity (Wildman–Crippen MR) is 105 cm³/mol. The molecule has 7 heteroatoms.